The quantitative estimate of drug-likeness (QED) is 0.320. The molecular formula is C8H16N3+. The van der Waals surface area contributed by atoms with E-state index in [2.05, 4.69) is 22.7 Å². The molecule has 0 aliphatic carbocycles. The molecule has 0 radical (unpaired) electrons. The average Bonchev–Trinajstić information content (AvgIpc) is 1.96. The summed E-state index contributed by atoms with van der Waals surface area (Å²) in [5.74, 6) is 0. The molecule has 3 heteroatoms. The molecule has 62 valence electrons. The van der Waals surface area contributed by atoms with E-state index in [1.165, 1.54) is 0 Å². The van der Waals surface area contributed by atoms with E-state index < -0.39 is 0 Å². The molecule has 0 amide bonds. The minimum Gasteiger partial charge on any atom is -0.245 e. The van der Waals surface area contributed by atoms with E-state index in [1.54, 1.807) is 0 Å². The van der Waals surface area contributed by atoms with Gasteiger partial charge >= 0.3 is 0 Å². The molecule has 0 aliphatic rings. The van der Waals surface area contributed by atoms with E-state index in [9.17, 15) is 0 Å². The molecule has 0 unspecified atom stereocenters. The van der Waals surface area contributed by atoms with E-state index in [0.717, 1.165) is 26.1 Å². The molecule has 0 fully saturated rings. The number of aliphatic imine (C=N–C) groups is 2. The molecule has 3 nitrogen and oxygen atoms in total. The van der Waals surface area contributed by atoms with Crippen molar-refractivity contribution >= 4 is 12.7 Å². The normalized spacial score (nSPS) is 8.55. The summed E-state index contributed by atoms with van der Waals surface area (Å²) < 4.78 is 1.90. The maximum Gasteiger partial charge on any atom is 0.143 e. The van der Waals surface area contributed by atoms with Gasteiger partial charge in [-0.3, -0.25) is 0 Å². The Labute approximate surface area is 68.2 Å². The van der Waals surface area contributed by atoms with Crippen molar-refractivity contribution in [2.24, 2.45) is 9.98 Å². The Morgan fingerprint density at radius 1 is 1.45 bits per heavy atom. The van der Waals surface area contributed by atoms with E-state index in [1.807, 2.05) is 18.5 Å². The number of hydrogen-bond acceptors (Lipinski definition) is 2. The van der Waals surface area contributed by atoms with Gasteiger partial charge in [0.15, 0.2) is 0 Å². The molecule has 0 aromatic carbocycles. The second kappa shape index (κ2) is 7.16. The largest absolute Gasteiger partial charge is 0.245 e. The van der Waals surface area contributed by atoms with E-state index in [0.29, 0.717) is 0 Å². The third-order valence-electron chi connectivity index (χ3n) is 1.11. The molecule has 11 heavy (non-hydrogen) atoms. The average molecular weight is 154 g/mol. The lowest BCUT2D eigenvalue weighted by atomic mass is 10.4. The highest BCUT2D eigenvalue weighted by Crippen LogP contribution is 1.79. The summed E-state index contributed by atoms with van der Waals surface area (Å²) in [6.07, 6.45) is 1.02. The Balaban J connectivity index is 3.27. The summed E-state index contributed by atoms with van der Waals surface area (Å²) >= 11 is 0. The molecule has 0 aliphatic heterocycles. The van der Waals surface area contributed by atoms with Crippen LogP contribution in [0, 0.1) is 0 Å². The van der Waals surface area contributed by atoms with Crippen molar-refractivity contribution in [3.05, 3.63) is 0 Å². The van der Waals surface area contributed by atoms with Crippen LogP contribution in [0.3, 0.4) is 0 Å². The molecule has 0 saturated carbocycles. The first-order chi connectivity index (χ1) is 5.27. The van der Waals surface area contributed by atoms with Crippen LogP contribution in [0.1, 0.15) is 13.3 Å². The maximum absolute atomic E-state index is 3.96. The third-order valence-corrected chi connectivity index (χ3v) is 1.11. The molecular weight excluding hydrogens is 138 g/mol. The highest BCUT2D eigenvalue weighted by Gasteiger charge is 1.88. The maximum atomic E-state index is 3.96. The van der Waals surface area contributed by atoms with Crippen molar-refractivity contribution in [3.8, 4) is 0 Å². The summed E-state index contributed by atoms with van der Waals surface area (Å²) in [7, 11) is 1.95. The minimum atomic E-state index is 0.763. The van der Waals surface area contributed by atoms with Crippen LogP contribution in [0.5, 0.6) is 0 Å². The molecule has 0 atom stereocenters. The second-order valence-electron chi connectivity index (χ2n) is 2.39. The van der Waals surface area contributed by atoms with Gasteiger partial charge in [-0.25, -0.2) is 14.6 Å². The summed E-state index contributed by atoms with van der Waals surface area (Å²) in [4.78, 5) is 7.80. The van der Waals surface area contributed by atoms with Crippen LogP contribution in [0.25, 0.3) is 0 Å². The number of rotatable bonds is 5. The van der Waals surface area contributed by atoms with Crippen LogP contribution in [-0.2, 0) is 0 Å². The van der Waals surface area contributed by atoms with Gasteiger partial charge in [0.2, 0.25) is 0 Å². The number of nitrogens with zero attached hydrogens (tertiary/aromatic N) is 3. The van der Waals surface area contributed by atoms with Gasteiger partial charge in [0.1, 0.15) is 20.3 Å². The zero-order valence-electron chi connectivity index (χ0n) is 7.38. The molecule has 0 aromatic rings. The van der Waals surface area contributed by atoms with Gasteiger partial charge in [0, 0.05) is 13.0 Å². The fourth-order valence-electron chi connectivity index (χ4n) is 0.590. The first-order valence-corrected chi connectivity index (χ1v) is 3.87. The number of hydrogen-bond donors (Lipinski definition) is 0. The van der Waals surface area contributed by atoms with E-state index in [4.69, 9.17) is 0 Å². The fraction of sp³-hybridized carbons (Fsp3) is 0.750. The molecule has 0 aromatic heterocycles. The lowest BCUT2D eigenvalue weighted by Crippen LogP contribution is -2.04. The van der Waals surface area contributed by atoms with Crippen molar-refractivity contribution in [1.82, 2.24) is 0 Å². The predicted molar refractivity (Wildman–Crippen MR) is 48.1 cm³/mol. The minimum absolute atomic E-state index is 0.763. The summed E-state index contributed by atoms with van der Waals surface area (Å²) in [6, 6.07) is 2.62. The summed E-state index contributed by atoms with van der Waals surface area (Å²) in [6.45, 7) is 8.21. The predicted octanol–water partition coefficient (Wildman–Crippen LogP) is 0.913. The summed E-state index contributed by atoms with van der Waals surface area (Å²) in [5, 5.41) is 0. The Bertz CT molecular complexity index is 166. The lowest BCUT2D eigenvalue weighted by molar-refractivity contribution is -0.488. The van der Waals surface area contributed by atoms with Crippen LogP contribution in [0.2, 0.25) is 0 Å². The highest BCUT2D eigenvalue weighted by atomic mass is 14.9. The van der Waals surface area contributed by atoms with E-state index in [-0.39, 0.29) is 0 Å². The van der Waals surface area contributed by atoms with Crippen LogP contribution < -0.4 is 0 Å². The van der Waals surface area contributed by atoms with Crippen LogP contribution in [0.4, 0.5) is 0 Å². The van der Waals surface area contributed by atoms with E-state index >= 15 is 0 Å². The molecule has 0 bridgehead atoms. The first-order valence-electron chi connectivity index (χ1n) is 3.87. The van der Waals surface area contributed by atoms with Crippen LogP contribution in [-0.4, -0.2) is 44.0 Å². The molecule has 0 spiro atoms. The van der Waals surface area contributed by atoms with Gasteiger partial charge in [-0.1, -0.05) is 0 Å². The zero-order chi connectivity index (χ0) is 8.53. The highest BCUT2D eigenvalue weighted by molar-refractivity contribution is 5.40. The summed E-state index contributed by atoms with van der Waals surface area (Å²) in [5.41, 5.74) is 0. The van der Waals surface area contributed by atoms with Gasteiger partial charge in [-0.05, 0) is 6.92 Å². The zero-order valence-corrected chi connectivity index (χ0v) is 7.38. The smallest absolute Gasteiger partial charge is 0.143 e. The Kier molecular flexibility index (Phi) is 6.54. The molecule has 0 rings (SSSR count). The fourth-order valence-corrected chi connectivity index (χ4v) is 0.590. The Morgan fingerprint density at radius 2 is 2.18 bits per heavy atom. The van der Waals surface area contributed by atoms with Gasteiger partial charge in [-0.15, -0.1) is 0 Å². The van der Waals surface area contributed by atoms with Crippen molar-refractivity contribution in [1.29, 1.82) is 0 Å². The molecule has 0 heterocycles. The molecule has 0 N–H and O–H groups in total. The van der Waals surface area contributed by atoms with Crippen LogP contribution in [0.15, 0.2) is 9.98 Å². The topological polar surface area (TPSA) is 27.7 Å². The SMILES string of the molecule is C=[N+](C)CCCN=C=NCC. The molecule has 0 saturated heterocycles. The second-order valence-corrected chi connectivity index (χ2v) is 2.39. The third kappa shape index (κ3) is 9.05. The van der Waals surface area contributed by atoms with Crippen LogP contribution >= 0.6 is 0 Å². The van der Waals surface area contributed by atoms with Gasteiger partial charge < -0.3 is 0 Å². The Morgan fingerprint density at radius 3 is 2.73 bits per heavy atom. The monoisotopic (exact) mass is 154 g/mol. The van der Waals surface area contributed by atoms with Crippen molar-refractivity contribution < 1.29 is 4.58 Å². The van der Waals surface area contributed by atoms with Gasteiger partial charge in [0.05, 0.1) is 12.6 Å². The first kappa shape index (κ1) is 10.0. The van der Waals surface area contributed by atoms with Crippen molar-refractivity contribution in [3.63, 3.8) is 0 Å². The van der Waals surface area contributed by atoms with Gasteiger partial charge in [-0.2, -0.15) is 0 Å². The van der Waals surface area contributed by atoms with Crippen molar-refractivity contribution in [2.75, 3.05) is 26.7 Å². The Hall–Kier alpha value is -0.950. The van der Waals surface area contributed by atoms with Gasteiger partial charge in [0.25, 0.3) is 0 Å². The lowest BCUT2D eigenvalue weighted by Gasteiger charge is -1.89. The van der Waals surface area contributed by atoms with Crippen molar-refractivity contribution in [2.45, 2.75) is 13.3 Å². The standard InChI is InChI=1S/C8H16N3/c1-4-9-8-10-6-5-7-11(2)3/h2,4-7H2,1,3H3/q+1.